The van der Waals surface area contributed by atoms with E-state index in [9.17, 15) is 9.59 Å². The maximum Gasteiger partial charge on any atom is 0.319 e. The molecule has 0 aromatic heterocycles. The van der Waals surface area contributed by atoms with Gasteiger partial charge in [0.15, 0.2) is 5.78 Å². The number of esters is 1. The van der Waals surface area contributed by atoms with Crippen molar-refractivity contribution in [3.8, 4) is 0 Å². The van der Waals surface area contributed by atoms with Crippen molar-refractivity contribution < 1.29 is 19.1 Å². The Hall–Kier alpha value is -0.900. The van der Waals surface area contributed by atoms with Crippen molar-refractivity contribution in [1.29, 1.82) is 0 Å². The summed E-state index contributed by atoms with van der Waals surface area (Å²) in [6.07, 6.45) is 1.02. The van der Waals surface area contributed by atoms with E-state index in [0.29, 0.717) is 0 Å². The predicted octanol–water partition coefficient (Wildman–Crippen LogP) is -0.0941. The minimum atomic E-state index is -0.645. The number of Topliss-reactive ketones (excluding diaryl/α,β-unsaturated/α-hetero) is 1. The zero-order valence-electron chi connectivity index (χ0n) is 6.78. The second-order valence-corrected chi connectivity index (χ2v) is 3.14. The van der Waals surface area contributed by atoms with Gasteiger partial charge in [-0.25, -0.2) is 0 Å². The summed E-state index contributed by atoms with van der Waals surface area (Å²) in [5.41, 5.74) is 0. The summed E-state index contributed by atoms with van der Waals surface area (Å²) in [5, 5.41) is 0. The van der Waals surface area contributed by atoms with Crippen molar-refractivity contribution in [3.05, 3.63) is 0 Å². The number of carbonyl (C=O) groups excluding carboxylic acids is 2. The molecule has 0 aliphatic carbocycles. The molecule has 3 atom stereocenters. The van der Waals surface area contributed by atoms with Crippen LogP contribution in [-0.4, -0.2) is 31.1 Å². The maximum atomic E-state index is 11.3. The van der Waals surface area contributed by atoms with E-state index in [1.165, 1.54) is 7.11 Å². The van der Waals surface area contributed by atoms with Gasteiger partial charge in [0.25, 0.3) is 0 Å². The van der Waals surface area contributed by atoms with Crippen LogP contribution in [0.15, 0.2) is 0 Å². The fourth-order valence-electron chi connectivity index (χ4n) is 1.90. The molecule has 2 heterocycles. The molecule has 0 aromatic rings. The Balaban J connectivity index is 2.17. The molecule has 4 heteroatoms. The molecule has 12 heavy (non-hydrogen) atoms. The lowest BCUT2D eigenvalue weighted by molar-refractivity contribution is -0.149. The number of hydrogen-bond donors (Lipinski definition) is 0. The fourth-order valence-corrected chi connectivity index (χ4v) is 1.90. The molecule has 2 aliphatic heterocycles. The molecule has 2 fully saturated rings. The zero-order valence-corrected chi connectivity index (χ0v) is 6.78. The first-order valence-corrected chi connectivity index (χ1v) is 4.01. The Labute approximate surface area is 69.8 Å². The van der Waals surface area contributed by atoms with Gasteiger partial charge in [0.05, 0.1) is 13.2 Å². The van der Waals surface area contributed by atoms with Gasteiger partial charge in [0, 0.05) is 0 Å². The molecule has 0 saturated carbocycles. The van der Waals surface area contributed by atoms with Crippen LogP contribution in [0.3, 0.4) is 0 Å². The Kier molecular flexibility index (Phi) is 1.65. The molecule has 66 valence electrons. The number of methoxy groups -OCH3 is 1. The summed E-state index contributed by atoms with van der Waals surface area (Å²) < 4.78 is 9.79. The lowest BCUT2D eigenvalue weighted by Crippen LogP contribution is -2.34. The molecule has 2 rings (SSSR count). The molecule has 2 aliphatic rings. The van der Waals surface area contributed by atoms with Crippen molar-refractivity contribution in [2.24, 2.45) is 5.92 Å². The molecular weight excluding hydrogens is 160 g/mol. The zero-order chi connectivity index (χ0) is 8.72. The number of fused-ring (bicyclic) bond motifs is 2. The Morgan fingerprint density at radius 3 is 2.83 bits per heavy atom. The third-order valence-corrected chi connectivity index (χ3v) is 2.50. The second-order valence-electron chi connectivity index (χ2n) is 3.14. The quantitative estimate of drug-likeness (QED) is 0.407. The van der Waals surface area contributed by atoms with Gasteiger partial charge in [-0.2, -0.15) is 0 Å². The SMILES string of the molecule is COC(=O)[C@@H]1C(=O)[C@H]2CC[C@@H]1O2. The summed E-state index contributed by atoms with van der Waals surface area (Å²) >= 11 is 0. The van der Waals surface area contributed by atoms with Crippen LogP contribution in [0, 0.1) is 5.92 Å². The first-order valence-electron chi connectivity index (χ1n) is 4.01. The van der Waals surface area contributed by atoms with Gasteiger partial charge < -0.3 is 9.47 Å². The predicted molar refractivity (Wildman–Crippen MR) is 38.4 cm³/mol. The van der Waals surface area contributed by atoms with Gasteiger partial charge in [-0.15, -0.1) is 0 Å². The first-order chi connectivity index (χ1) is 5.74. The molecule has 0 N–H and O–H groups in total. The van der Waals surface area contributed by atoms with Gasteiger partial charge in [-0.1, -0.05) is 0 Å². The van der Waals surface area contributed by atoms with Crippen LogP contribution in [-0.2, 0) is 19.1 Å². The van der Waals surface area contributed by atoms with E-state index in [2.05, 4.69) is 4.74 Å². The molecule has 0 spiro atoms. The highest BCUT2D eigenvalue weighted by Gasteiger charge is 2.52. The van der Waals surface area contributed by atoms with E-state index >= 15 is 0 Å². The normalized spacial score (nSPS) is 38.8. The lowest BCUT2D eigenvalue weighted by Gasteiger charge is -2.13. The Morgan fingerprint density at radius 1 is 1.58 bits per heavy atom. The molecule has 0 radical (unpaired) electrons. The van der Waals surface area contributed by atoms with Crippen LogP contribution in [0.2, 0.25) is 0 Å². The number of rotatable bonds is 1. The number of ketones is 1. The molecule has 2 bridgehead atoms. The third kappa shape index (κ3) is 0.876. The van der Waals surface area contributed by atoms with Crippen molar-refractivity contribution in [2.75, 3.05) is 7.11 Å². The van der Waals surface area contributed by atoms with Crippen LogP contribution in [0.4, 0.5) is 0 Å². The summed E-state index contributed by atoms with van der Waals surface area (Å²) in [7, 11) is 1.29. The molecule has 0 amide bonds. The van der Waals surface area contributed by atoms with E-state index in [0.717, 1.165) is 12.8 Å². The highest BCUT2D eigenvalue weighted by molar-refractivity contribution is 6.03. The van der Waals surface area contributed by atoms with E-state index in [1.807, 2.05) is 0 Å². The van der Waals surface area contributed by atoms with Crippen LogP contribution >= 0.6 is 0 Å². The topological polar surface area (TPSA) is 52.6 Å². The van der Waals surface area contributed by atoms with Gasteiger partial charge in [0.1, 0.15) is 12.0 Å². The summed E-state index contributed by atoms with van der Waals surface area (Å²) in [6, 6.07) is 0. The third-order valence-electron chi connectivity index (χ3n) is 2.50. The average molecular weight is 170 g/mol. The van der Waals surface area contributed by atoms with Gasteiger partial charge in [-0.3, -0.25) is 9.59 Å². The molecule has 2 saturated heterocycles. The maximum absolute atomic E-state index is 11.3. The summed E-state index contributed by atoms with van der Waals surface area (Å²) in [6.45, 7) is 0. The van der Waals surface area contributed by atoms with Gasteiger partial charge in [0.2, 0.25) is 0 Å². The average Bonchev–Trinajstić information content (AvgIpc) is 2.63. The molecule has 0 aromatic carbocycles. The van der Waals surface area contributed by atoms with Crippen LogP contribution in [0.25, 0.3) is 0 Å². The number of hydrogen-bond acceptors (Lipinski definition) is 4. The number of carbonyl (C=O) groups is 2. The lowest BCUT2D eigenvalue weighted by atomic mass is 9.88. The largest absolute Gasteiger partial charge is 0.468 e. The monoisotopic (exact) mass is 170 g/mol. The van der Waals surface area contributed by atoms with E-state index in [-0.39, 0.29) is 18.0 Å². The van der Waals surface area contributed by atoms with Gasteiger partial charge >= 0.3 is 5.97 Å². The minimum absolute atomic E-state index is 0.0990. The standard InChI is InChI=1S/C8H10O4/c1-11-8(10)6-4-2-3-5(12-4)7(6)9/h4-6H,2-3H2,1H3/t4-,5+,6-/m0/s1. The van der Waals surface area contributed by atoms with Crippen LogP contribution in [0.1, 0.15) is 12.8 Å². The first kappa shape index (κ1) is 7.73. The Bertz CT molecular complexity index is 235. The van der Waals surface area contributed by atoms with Crippen LogP contribution in [0.5, 0.6) is 0 Å². The smallest absolute Gasteiger partial charge is 0.319 e. The van der Waals surface area contributed by atoms with Crippen molar-refractivity contribution in [1.82, 2.24) is 0 Å². The van der Waals surface area contributed by atoms with Gasteiger partial charge in [-0.05, 0) is 12.8 Å². The molecular formula is C8H10O4. The number of ether oxygens (including phenoxy) is 2. The molecule has 4 nitrogen and oxygen atoms in total. The van der Waals surface area contributed by atoms with E-state index in [4.69, 9.17) is 4.74 Å². The highest BCUT2D eigenvalue weighted by Crippen LogP contribution is 2.36. The van der Waals surface area contributed by atoms with Crippen LogP contribution < -0.4 is 0 Å². The van der Waals surface area contributed by atoms with Crippen molar-refractivity contribution in [2.45, 2.75) is 25.0 Å². The minimum Gasteiger partial charge on any atom is -0.468 e. The fraction of sp³-hybridized carbons (Fsp3) is 0.750. The second kappa shape index (κ2) is 2.55. The highest BCUT2D eigenvalue weighted by atomic mass is 16.5. The summed E-state index contributed by atoms with van der Waals surface area (Å²) in [4.78, 5) is 22.4. The van der Waals surface area contributed by atoms with Crippen molar-refractivity contribution in [3.63, 3.8) is 0 Å². The molecule has 0 unspecified atom stereocenters. The van der Waals surface area contributed by atoms with Crippen molar-refractivity contribution >= 4 is 11.8 Å². The Morgan fingerprint density at radius 2 is 2.33 bits per heavy atom. The van der Waals surface area contributed by atoms with E-state index in [1.54, 1.807) is 0 Å². The summed E-state index contributed by atoms with van der Waals surface area (Å²) in [5.74, 6) is -1.20. The van der Waals surface area contributed by atoms with E-state index < -0.39 is 11.9 Å².